The Hall–Kier alpha value is -3.65. The van der Waals surface area contributed by atoms with E-state index in [1.54, 1.807) is 0 Å². The summed E-state index contributed by atoms with van der Waals surface area (Å²) < 4.78 is 0. The Morgan fingerprint density at radius 2 is 0.611 bits per heavy atom. The van der Waals surface area contributed by atoms with Gasteiger partial charge < -0.3 is 0 Å². The average molecular weight is 717 g/mol. The van der Waals surface area contributed by atoms with Crippen LogP contribution >= 0.6 is 0 Å². The summed E-state index contributed by atoms with van der Waals surface area (Å²) in [5, 5.41) is 8.31. The van der Waals surface area contributed by atoms with E-state index >= 15 is 0 Å². The van der Waals surface area contributed by atoms with Gasteiger partial charge in [-0.25, -0.2) is 0 Å². The number of unbranched alkanes of at least 4 members (excludes halogenated alkanes) is 18. The van der Waals surface area contributed by atoms with Crippen molar-refractivity contribution in [2.75, 3.05) is 0 Å². The summed E-state index contributed by atoms with van der Waals surface area (Å²) in [6.07, 6.45) is 37.7. The number of rotatable bonds is 26. The van der Waals surface area contributed by atoms with E-state index in [1.807, 2.05) is 24.8 Å². The molecule has 4 aromatic carbocycles. The van der Waals surface area contributed by atoms with Crippen LogP contribution in [-0.4, -0.2) is 23.4 Å². The van der Waals surface area contributed by atoms with Crippen LogP contribution in [0.2, 0.25) is 12.6 Å². The maximum absolute atomic E-state index is 4.37. The minimum absolute atomic E-state index is 0.391. The van der Waals surface area contributed by atoms with Crippen molar-refractivity contribution in [1.29, 1.82) is 0 Å². The molecule has 282 valence electrons. The second-order valence-electron chi connectivity index (χ2n) is 16.4. The molecule has 0 saturated heterocycles. The van der Waals surface area contributed by atoms with E-state index in [4.69, 9.17) is 0 Å². The fourth-order valence-electron chi connectivity index (χ4n) is 9.20. The van der Waals surface area contributed by atoms with Crippen LogP contribution < -0.4 is 21.9 Å². The minimum Gasteiger partial charge on any atom is -0.265 e. The van der Waals surface area contributed by atoms with Crippen LogP contribution in [0.1, 0.15) is 142 Å². The molecule has 4 heteroatoms. The standard InChI is InChI=1S/C50H66B2N2/c1-3-5-7-9-11-13-15-17-19-21-31-51(45-27-33-53-34-28-45)47-37-41-23-25-43-39-48(40-44-26-24-42(38-47)49(41)50(43)44)52(46-29-35-54-36-30-46)32-22-20-18-16-14-12-10-8-6-4-2/h23-30,33-40H,3-22,31-32H2,1-2H3. The van der Waals surface area contributed by atoms with Gasteiger partial charge in [-0.15, -0.1) is 0 Å². The molecule has 0 unspecified atom stereocenters. The Kier molecular flexibility index (Phi) is 16.3. The van der Waals surface area contributed by atoms with Crippen molar-refractivity contribution < 1.29 is 0 Å². The lowest BCUT2D eigenvalue weighted by molar-refractivity contribution is 0.562. The fourth-order valence-corrected chi connectivity index (χ4v) is 9.20. The van der Waals surface area contributed by atoms with Crippen LogP contribution in [-0.2, 0) is 0 Å². The van der Waals surface area contributed by atoms with Gasteiger partial charge in [-0.2, -0.15) is 0 Å². The molecule has 0 saturated carbocycles. The normalized spacial score (nSPS) is 11.7. The van der Waals surface area contributed by atoms with E-state index in [9.17, 15) is 0 Å². The summed E-state index contributed by atoms with van der Waals surface area (Å²) in [6.45, 7) is 5.39. The van der Waals surface area contributed by atoms with Gasteiger partial charge in [-0.1, -0.05) is 225 Å². The molecule has 0 N–H and O–H groups in total. The van der Waals surface area contributed by atoms with E-state index in [1.165, 1.54) is 195 Å². The van der Waals surface area contributed by atoms with Gasteiger partial charge in [0.2, 0.25) is 13.4 Å². The van der Waals surface area contributed by atoms with Crippen molar-refractivity contribution >= 4 is 67.6 Å². The maximum Gasteiger partial charge on any atom is 0.209 e. The summed E-state index contributed by atoms with van der Waals surface area (Å²) in [7, 11) is 0. The largest absolute Gasteiger partial charge is 0.265 e. The van der Waals surface area contributed by atoms with Crippen molar-refractivity contribution in [3.8, 4) is 0 Å². The van der Waals surface area contributed by atoms with E-state index in [0.29, 0.717) is 13.4 Å². The van der Waals surface area contributed by atoms with Gasteiger partial charge in [-0.3, -0.25) is 9.97 Å². The third-order valence-corrected chi connectivity index (χ3v) is 12.3. The van der Waals surface area contributed by atoms with Crippen molar-refractivity contribution in [3.05, 3.63) is 97.6 Å². The summed E-state index contributed by atoms with van der Waals surface area (Å²) in [6, 6.07) is 28.5. The molecule has 2 heterocycles. The summed E-state index contributed by atoms with van der Waals surface area (Å²) in [4.78, 5) is 8.74. The second-order valence-corrected chi connectivity index (χ2v) is 16.4. The van der Waals surface area contributed by atoms with Gasteiger partial charge in [0.1, 0.15) is 0 Å². The average Bonchev–Trinajstić information content (AvgIpc) is 3.21. The molecule has 0 aliphatic carbocycles. The predicted octanol–water partition coefficient (Wildman–Crippen LogP) is 12.4. The molecule has 6 rings (SSSR count). The molecule has 0 atom stereocenters. The number of pyridine rings is 2. The molecule has 0 spiro atoms. The number of benzene rings is 4. The first kappa shape index (κ1) is 40.0. The van der Waals surface area contributed by atoms with E-state index in [-0.39, 0.29) is 0 Å². The highest BCUT2D eigenvalue weighted by Gasteiger charge is 2.23. The molecular formula is C50H66B2N2. The Morgan fingerprint density at radius 1 is 0.333 bits per heavy atom. The van der Waals surface area contributed by atoms with Crippen LogP contribution in [0.25, 0.3) is 32.3 Å². The van der Waals surface area contributed by atoms with Gasteiger partial charge >= 0.3 is 0 Å². The number of hydrogen-bond acceptors (Lipinski definition) is 2. The number of aromatic nitrogens is 2. The van der Waals surface area contributed by atoms with Gasteiger partial charge in [0.05, 0.1) is 0 Å². The molecule has 0 bridgehead atoms. The van der Waals surface area contributed by atoms with Gasteiger partial charge in [0, 0.05) is 24.8 Å². The van der Waals surface area contributed by atoms with E-state index in [2.05, 4.69) is 96.6 Å². The number of hydrogen-bond donors (Lipinski definition) is 0. The SMILES string of the molecule is CCCCCCCCCCCCB(c1ccncc1)c1cc2ccc3cc(B(CCCCCCCCCCCC)c4ccncc4)cc4ccc(c1)c2c34. The van der Waals surface area contributed by atoms with Crippen molar-refractivity contribution in [1.82, 2.24) is 9.97 Å². The second kappa shape index (κ2) is 22.0. The molecule has 6 aromatic rings. The van der Waals surface area contributed by atoms with Crippen LogP contribution in [0.5, 0.6) is 0 Å². The van der Waals surface area contributed by atoms with Crippen LogP contribution in [0.3, 0.4) is 0 Å². The Balaban J connectivity index is 1.16. The molecule has 2 aromatic heterocycles. The molecular weight excluding hydrogens is 650 g/mol. The van der Waals surface area contributed by atoms with Crippen molar-refractivity contribution in [3.63, 3.8) is 0 Å². The van der Waals surface area contributed by atoms with Gasteiger partial charge in [-0.05, 0) is 56.6 Å². The molecule has 54 heavy (non-hydrogen) atoms. The zero-order valence-corrected chi connectivity index (χ0v) is 33.8. The Morgan fingerprint density at radius 3 is 0.907 bits per heavy atom. The highest BCUT2D eigenvalue weighted by Crippen LogP contribution is 2.34. The first-order chi connectivity index (χ1) is 26.8. The summed E-state index contributed by atoms with van der Waals surface area (Å²) in [5.41, 5.74) is 5.67. The van der Waals surface area contributed by atoms with Crippen molar-refractivity contribution in [2.24, 2.45) is 0 Å². The van der Waals surface area contributed by atoms with Crippen LogP contribution in [0, 0.1) is 0 Å². The van der Waals surface area contributed by atoms with Crippen molar-refractivity contribution in [2.45, 2.75) is 155 Å². The first-order valence-corrected chi connectivity index (χ1v) is 22.3. The first-order valence-electron chi connectivity index (χ1n) is 22.3. The van der Waals surface area contributed by atoms with Crippen LogP contribution in [0.4, 0.5) is 0 Å². The van der Waals surface area contributed by atoms with Crippen LogP contribution in [0.15, 0.2) is 97.6 Å². The molecule has 0 aliphatic rings. The van der Waals surface area contributed by atoms with Gasteiger partial charge in [0.25, 0.3) is 0 Å². The lowest BCUT2D eigenvalue weighted by Gasteiger charge is -2.20. The van der Waals surface area contributed by atoms with Gasteiger partial charge in [0.15, 0.2) is 0 Å². The quantitative estimate of drug-likeness (QED) is 0.0317. The maximum atomic E-state index is 4.37. The Labute approximate surface area is 328 Å². The lowest BCUT2D eigenvalue weighted by atomic mass is 9.38. The predicted molar refractivity (Wildman–Crippen MR) is 242 cm³/mol. The molecule has 0 fully saturated rings. The van der Waals surface area contributed by atoms with E-state index < -0.39 is 0 Å². The highest BCUT2D eigenvalue weighted by atomic mass is 14.6. The summed E-state index contributed by atoms with van der Waals surface area (Å²) in [5.74, 6) is 0. The third-order valence-electron chi connectivity index (χ3n) is 12.3. The molecule has 2 nitrogen and oxygen atoms in total. The highest BCUT2D eigenvalue weighted by molar-refractivity contribution is 6.86. The lowest BCUT2D eigenvalue weighted by Crippen LogP contribution is -2.42. The summed E-state index contributed by atoms with van der Waals surface area (Å²) >= 11 is 0. The fraction of sp³-hybridized carbons (Fsp3) is 0.480. The number of nitrogens with zero attached hydrogens (tertiary/aromatic N) is 2. The molecule has 0 radical (unpaired) electrons. The third kappa shape index (κ3) is 11.2. The molecule has 0 aliphatic heterocycles. The zero-order valence-electron chi connectivity index (χ0n) is 33.8. The zero-order chi connectivity index (χ0) is 37.2. The smallest absolute Gasteiger partial charge is 0.209 e. The minimum atomic E-state index is 0.391. The molecule has 0 amide bonds. The van der Waals surface area contributed by atoms with E-state index in [0.717, 1.165) is 0 Å². The monoisotopic (exact) mass is 717 g/mol. The Bertz CT molecular complexity index is 1720. The topological polar surface area (TPSA) is 25.8 Å².